The first-order valence-corrected chi connectivity index (χ1v) is 9.56. The van der Waals surface area contributed by atoms with Crippen molar-refractivity contribution in [2.45, 2.75) is 0 Å². The fourth-order valence-electron chi connectivity index (χ4n) is 3.40. The number of rotatable bonds is 5. The van der Waals surface area contributed by atoms with Gasteiger partial charge in [0.25, 0.3) is 5.91 Å². The molecule has 7 heteroatoms. The van der Waals surface area contributed by atoms with Crippen LogP contribution in [0.15, 0.2) is 67.0 Å². The Morgan fingerprint density at radius 1 is 0.966 bits per heavy atom. The van der Waals surface area contributed by atoms with Gasteiger partial charge in [0.15, 0.2) is 0 Å². The van der Waals surface area contributed by atoms with Gasteiger partial charge in [0, 0.05) is 37.9 Å². The third-order valence-corrected chi connectivity index (χ3v) is 4.94. The minimum atomic E-state index is -0.0804. The highest BCUT2D eigenvalue weighted by Gasteiger charge is 2.23. The number of carbonyl (C=O) groups excluding carboxylic acids is 1. The van der Waals surface area contributed by atoms with E-state index in [0.29, 0.717) is 30.4 Å². The molecule has 0 spiro atoms. The zero-order valence-electron chi connectivity index (χ0n) is 16.3. The molecule has 7 nitrogen and oxygen atoms in total. The van der Waals surface area contributed by atoms with Gasteiger partial charge >= 0.3 is 0 Å². The van der Waals surface area contributed by atoms with Crippen molar-refractivity contribution < 1.29 is 9.53 Å². The van der Waals surface area contributed by atoms with E-state index in [1.54, 1.807) is 13.2 Å². The van der Waals surface area contributed by atoms with Gasteiger partial charge in [-0.3, -0.25) is 4.79 Å². The minimum absolute atomic E-state index is 0.0804. The van der Waals surface area contributed by atoms with E-state index < -0.39 is 0 Å². The van der Waals surface area contributed by atoms with Gasteiger partial charge in [-0.2, -0.15) is 0 Å². The van der Waals surface area contributed by atoms with E-state index in [4.69, 9.17) is 4.74 Å². The van der Waals surface area contributed by atoms with Crippen molar-refractivity contribution in [3.63, 3.8) is 0 Å². The maximum Gasteiger partial charge on any atom is 0.272 e. The number of carbonyl (C=O) groups is 1. The monoisotopic (exact) mass is 389 g/mol. The average Bonchev–Trinajstić information content (AvgIpc) is 2.80. The summed E-state index contributed by atoms with van der Waals surface area (Å²) in [6.45, 7) is 2.92. The van der Waals surface area contributed by atoms with Crippen LogP contribution in [-0.4, -0.2) is 54.1 Å². The number of methoxy groups -OCH3 is 1. The Labute approximate surface area is 170 Å². The number of aromatic nitrogens is 2. The second-order valence-electron chi connectivity index (χ2n) is 6.73. The summed E-state index contributed by atoms with van der Waals surface area (Å²) >= 11 is 0. The number of benzene rings is 2. The zero-order chi connectivity index (χ0) is 20.1. The van der Waals surface area contributed by atoms with E-state index in [-0.39, 0.29) is 5.91 Å². The summed E-state index contributed by atoms with van der Waals surface area (Å²) in [5.41, 5.74) is 2.35. The van der Waals surface area contributed by atoms with Crippen molar-refractivity contribution in [3.05, 3.63) is 72.7 Å². The summed E-state index contributed by atoms with van der Waals surface area (Å²) < 4.78 is 5.35. The number of amides is 1. The first-order chi connectivity index (χ1) is 14.2. The number of hydrogen-bond donors (Lipinski definition) is 1. The van der Waals surface area contributed by atoms with Crippen LogP contribution in [0.3, 0.4) is 0 Å². The summed E-state index contributed by atoms with van der Waals surface area (Å²) in [5, 5.41) is 3.20. The largest absolute Gasteiger partial charge is 0.495 e. The van der Waals surface area contributed by atoms with Crippen LogP contribution in [0.25, 0.3) is 0 Å². The topological polar surface area (TPSA) is 70.6 Å². The molecular formula is C22H23N5O2. The summed E-state index contributed by atoms with van der Waals surface area (Å²) in [6, 6.07) is 19.5. The van der Waals surface area contributed by atoms with Crippen LogP contribution in [0.5, 0.6) is 5.75 Å². The second kappa shape index (κ2) is 8.60. The Balaban J connectivity index is 1.43. The molecule has 1 aliphatic heterocycles. The quantitative estimate of drug-likeness (QED) is 0.723. The van der Waals surface area contributed by atoms with E-state index in [1.807, 2.05) is 47.4 Å². The van der Waals surface area contributed by atoms with Crippen molar-refractivity contribution >= 4 is 23.1 Å². The van der Waals surface area contributed by atoms with Crippen molar-refractivity contribution in [2.24, 2.45) is 0 Å². The van der Waals surface area contributed by atoms with Crippen LogP contribution < -0.4 is 15.0 Å². The molecule has 1 amide bonds. The van der Waals surface area contributed by atoms with Crippen molar-refractivity contribution in [1.29, 1.82) is 0 Å². The molecular weight excluding hydrogens is 366 g/mol. The molecule has 29 heavy (non-hydrogen) atoms. The smallest absolute Gasteiger partial charge is 0.272 e. The molecule has 4 rings (SSSR count). The van der Waals surface area contributed by atoms with Gasteiger partial charge in [-0.15, -0.1) is 0 Å². The first kappa shape index (κ1) is 18.7. The number of para-hydroxylation sites is 3. The second-order valence-corrected chi connectivity index (χ2v) is 6.73. The van der Waals surface area contributed by atoms with Crippen molar-refractivity contribution in [3.8, 4) is 5.75 Å². The van der Waals surface area contributed by atoms with E-state index >= 15 is 0 Å². The fourth-order valence-corrected chi connectivity index (χ4v) is 3.40. The maximum atomic E-state index is 12.9. The molecule has 2 heterocycles. The third-order valence-electron chi connectivity index (χ3n) is 4.94. The standard InChI is InChI=1S/C22H23N5O2/c1-29-20-10-6-5-9-18(20)25-21-15-19(23-16-24-21)22(28)27-13-11-26(12-14-27)17-7-3-2-4-8-17/h2-10,15-16H,11-14H2,1H3,(H,23,24,25). The highest BCUT2D eigenvalue weighted by molar-refractivity contribution is 5.93. The van der Waals surface area contributed by atoms with Crippen LogP contribution in [0.4, 0.5) is 17.2 Å². The van der Waals surface area contributed by atoms with Gasteiger partial charge in [-0.25, -0.2) is 9.97 Å². The molecule has 0 bridgehead atoms. The molecule has 0 atom stereocenters. The predicted molar refractivity (Wildman–Crippen MR) is 113 cm³/mol. The van der Waals surface area contributed by atoms with E-state index in [1.165, 1.54) is 12.0 Å². The Kier molecular flexibility index (Phi) is 5.56. The van der Waals surface area contributed by atoms with E-state index in [0.717, 1.165) is 18.8 Å². The number of anilines is 3. The van der Waals surface area contributed by atoms with Gasteiger partial charge in [0.1, 0.15) is 23.6 Å². The molecule has 3 aromatic rings. The Morgan fingerprint density at radius 3 is 2.45 bits per heavy atom. The van der Waals surface area contributed by atoms with Gasteiger partial charge in [0.05, 0.1) is 12.8 Å². The summed E-state index contributed by atoms with van der Waals surface area (Å²) in [6.07, 6.45) is 1.41. The number of nitrogens with one attached hydrogen (secondary N) is 1. The SMILES string of the molecule is COc1ccccc1Nc1cc(C(=O)N2CCN(c3ccccc3)CC2)ncn1. The van der Waals surface area contributed by atoms with Crippen LogP contribution >= 0.6 is 0 Å². The van der Waals surface area contributed by atoms with Crippen molar-refractivity contribution in [2.75, 3.05) is 43.5 Å². The number of ether oxygens (including phenoxy) is 1. The molecule has 1 aliphatic rings. The van der Waals surface area contributed by atoms with Crippen LogP contribution in [0.2, 0.25) is 0 Å². The third kappa shape index (κ3) is 4.29. The lowest BCUT2D eigenvalue weighted by Crippen LogP contribution is -2.49. The van der Waals surface area contributed by atoms with Gasteiger partial charge < -0.3 is 19.9 Å². The Bertz CT molecular complexity index is 972. The zero-order valence-corrected chi connectivity index (χ0v) is 16.3. The van der Waals surface area contributed by atoms with Crippen LogP contribution in [-0.2, 0) is 0 Å². The summed E-state index contributed by atoms with van der Waals surface area (Å²) in [5.74, 6) is 1.18. The number of nitrogens with zero attached hydrogens (tertiary/aromatic N) is 4. The van der Waals surface area contributed by atoms with E-state index in [2.05, 4.69) is 32.3 Å². The van der Waals surface area contributed by atoms with Gasteiger partial charge in [-0.05, 0) is 24.3 Å². The maximum absolute atomic E-state index is 12.9. The fraction of sp³-hybridized carbons (Fsp3) is 0.227. The molecule has 1 aromatic heterocycles. The van der Waals surface area contributed by atoms with Crippen LogP contribution in [0, 0.1) is 0 Å². The molecule has 0 saturated carbocycles. The number of hydrogen-bond acceptors (Lipinski definition) is 6. The highest BCUT2D eigenvalue weighted by Crippen LogP contribution is 2.26. The molecule has 1 fully saturated rings. The average molecular weight is 389 g/mol. The van der Waals surface area contributed by atoms with Crippen LogP contribution in [0.1, 0.15) is 10.5 Å². The molecule has 0 unspecified atom stereocenters. The normalized spacial score (nSPS) is 13.8. The molecule has 148 valence electrons. The van der Waals surface area contributed by atoms with E-state index in [9.17, 15) is 4.79 Å². The lowest BCUT2D eigenvalue weighted by Gasteiger charge is -2.36. The predicted octanol–water partition coefficient (Wildman–Crippen LogP) is 3.19. The first-order valence-electron chi connectivity index (χ1n) is 9.56. The highest BCUT2D eigenvalue weighted by atomic mass is 16.5. The molecule has 0 aliphatic carbocycles. The molecule has 2 aromatic carbocycles. The number of piperazine rings is 1. The van der Waals surface area contributed by atoms with Crippen molar-refractivity contribution in [1.82, 2.24) is 14.9 Å². The lowest BCUT2D eigenvalue weighted by atomic mass is 10.2. The van der Waals surface area contributed by atoms with Gasteiger partial charge in [-0.1, -0.05) is 30.3 Å². The molecule has 0 radical (unpaired) electrons. The van der Waals surface area contributed by atoms with Gasteiger partial charge in [0.2, 0.25) is 0 Å². The molecule has 1 N–H and O–H groups in total. The molecule has 1 saturated heterocycles. The lowest BCUT2D eigenvalue weighted by molar-refractivity contribution is 0.0740. The summed E-state index contributed by atoms with van der Waals surface area (Å²) in [7, 11) is 1.62. The minimum Gasteiger partial charge on any atom is -0.495 e. The summed E-state index contributed by atoms with van der Waals surface area (Å²) in [4.78, 5) is 25.5. The Morgan fingerprint density at radius 2 is 1.69 bits per heavy atom. The Hall–Kier alpha value is -3.61.